The van der Waals surface area contributed by atoms with E-state index >= 15 is 0 Å². The predicted octanol–water partition coefficient (Wildman–Crippen LogP) is 2.46. The fraction of sp³-hybridized carbons (Fsp3) is 0.571. The summed E-state index contributed by atoms with van der Waals surface area (Å²) >= 11 is 0. The molecule has 2 fully saturated rings. The summed E-state index contributed by atoms with van der Waals surface area (Å²) in [4.78, 5) is 2.17. The molecule has 1 N–H and O–H groups in total. The molecule has 92 valence electrons. The van der Waals surface area contributed by atoms with Gasteiger partial charge >= 0.3 is 0 Å². The molecule has 1 aromatic rings. The predicted molar refractivity (Wildman–Crippen MR) is 67.9 cm³/mol. The Labute approximate surface area is 102 Å². The Morgan fingerprint density at radius 1 is 1.24 bits per heavy atom. The van der Waals surface area contributed by atoms with Crippen molar-refractivity contribution >= 4 is 5.69 Å². The maximum atomic E-state index is 13.8. The van der Waals surface area contributed by atoms with Gasteiger partial charge in [-0.25, -0.2) is 4.39 Å². The van der Waals surface area contributed by atoms with Gasteiger partial charge in [0.1, 0.15) is 5.82 Å². The van der Waals surface area contributed by atoms with Gasteiger partial charge in [0, 0.05) is 25.2 Å². The molecule has 1 saturated heterocycles. The lowest BCUT2D eigenvalue weighted by Gasteiger charge is -2.20. The van der Waals surface area contributed by atoms with E-state index in [-0.39, 0.29) is 5.82 Å². The van der Waals surface area contributed by atoms with E-state index in [0.717, 1.165) is 36.8 Å². The smallest absolute Gasteiger partial charge is 0.146 e. The van der Waals surface area contributed by atoms with E-state index in [1.807, 2.05) is 19.1 Å². The second-order valence-electron chi connectivity index (χ2n) is 5.33. The first-order valence-corrected chi connectivity index (χ1v) is 6.49. The van der Waals surface area contributed by atoms with Gasteiger partial charge in [0.2, 0.25) is 0 Å². The Morgan fingerprint density at radius 2 is 2.06 bits per heavy atom. The third-order valence-corrected chi connectivity index (χ3v) is 3.68. The van der Waals surface area contributed by atoms with Crippen LogP contribution < -0.4 is 10.2 Å². The molecule has 0 spiro atoms. The summed E-state index contributed by atoms with van der Waals surface area (Å²) in [7, 11) is 0. The molecule has 1 aromatic carbocycles. The van der Waals surface area contributed by atoms with Crippen molar-refractivity contribution < 1.29 is 4.39 Å². The van der Waals surface area contributed by atoms with Crippen molar-refractivity contribution in [3.05, 3.63) is 29.6 Å². The number of hydrogen-bond acceptors (Lipinski definition) is 2. The van der Waals surface area contributed by atoms with E-state index in [1.165, 1.54) is 12.8 Å². The molecule has 0 aromatic heterocycles. The molecule has 1 unspecified atom stereocenters. The van der Waals surface area contributed by atoms with Gasteiger partial charge in [-0.15, -0.1) is 0 Å². The number of hydrogen-bond donors (Lipinski definition) is 1. The fourth-order valence-corrected chi connectivity index (χ4v) is 2.56. The van der Waals surface area contributed by atoms with E-state index in [9.17, 15) is 4.39 Å². The summed E-state index contributed by atoms with van der Waals surface area (Å²) in [5, 5.41) is 3.62. The first-order chi connectivity index (χ1) is 8.22. The lowest BCUT2D eigenvalue weighted by Crippen LogP contribution is -2.34. The van der Waals surface area contributed by atoms with Crippen LogP contribution >= 0.6 is 0 Å². The van der Waals surface area contributed by atoms with Crippen LogP contribution in [0.4, 0.5) is 10.1 Å². The largest absolute Gasteiger partial charge is 0.368 e. The molecule has 3 rings (SSSR count). The van der Waals surface area contributed by atoms with Crippen LogP contribution in [0.25, 0.3) is 0 Å². The molecule has 17 heavy (non-hydrogen) atoms. The molecule has 1 heterocycles. The summed E-state index contributed by atoms with van der Waals surface area (Å²) in [6, 6.07) is 6.64. The van der Waals surface area contributed by atoms with Crippen LogP contribution in [-0.4, -0.2) is 25.2 Å². The molecule has 2 aliphatic rings. The molecular formula is C14H19FN2. The van der Waals surface area contributed by atoms with Gasteiger partial charge in [-0.1, -0.05) is 6.07 Å². The van der Waals surface area contributed by atoms with Crippen LogP contribution in [0.3, 0.4) is 0 Å². The van der Waals surface area contributed by atoms with E-state index in [4.69, 9.17) is 0 Å². The van der Waals surface area contributed by atoms with Gasteiger partial charge in [0.25, 0.3) is 0 Å². The third-order valence-electron chi connectivity index (χ3n) is 3.68. The number of nitrogens with zero attached hydrogens (tertiary/aromatic N) is 1. The summed E-state index contributed by atoms with van der Waals surface area (Å²) in [5.74, 6) is -0.0947. The average molecular weight is 234 g/mol. The Bertz CT molecular complexity index is 415. The number of nitrogens with one attached hydrogen (secondary N) is 1. The Kier molecular flexibility index (Phi) is 2.79. The lowest BCUT2D eigenvalue weighted by atomic mass is 10.2. The van der Waals surface area contributed by atoms with Crippen molar-refractivity contribution in [3.8, 4) is 0 Å². The summed E-state index contributed by atoms with van der Waals surface area (Å²) < 4.78 is 13.8. The highest BCUT2D eigenvalue weighted by Crippen LogP contribution is 2.27. The number of anilines is 1. The minimum Gasteiger partial charge on any atom is -0.368 e. The molecule has 3 heteroatoms. The highest BCUT2D eigenvalue weighted by molar-refractivity contribution is 5.51. The Balaban J connectivity index is 1.69. The van der Waals surface area contributed by atoms with Crippen molar-refractivity contribution in [1.82, 2.24) is 5.32 Å². The van der Waals surface area contributed by atoms with Crippen molar-refractivity contribution in [3.63, 3.8) is 0 Å². The number of aryl methyl sites for hydroxylation is 1. The maximum absolute atomic E-state index is 13.8. The topological polar surface area (TPSA) is 15.3 Å². The quantitative estimate of drug-likeness (QED) is 0.864. The van der Waals surface area contributed by atoms with Gasteiger partial charge in [0.05, 0.1) is 5.69 Å². The first kappa shape index (κ1) is 11.0. The normalized spacial score (nSPS) is 24.4. The Morgan fingerprint density at radius 3 is 2.82 bits per heavy atom. The Hall–Kier alpha value is -1.09. The number of rotatable bonds is 3. The van der Waals surface area contributed by atoms with Crippen LogP contribution in [0.5, 0.6) is 0 Å². The minimum atomic E-state index is -0.0947. The standard InChI is InChI=1S/C14H19FN2/c1-10-2-5-13(15)14(8-10)17-7-6-12(9-17)16-11-3-4-11/h2,5,8,11-12,16H,3-4,6-7,9H2,1H3. The van der Waals surface area contributed by atoms with Crippen LogP contribution in [0.2, 0.25) is 0 Å². The van der Waals surface area contributed by atoms with Gasteiger partial charge in [-0.05, 0) is 43.9 Å². The number of halogens is 1. The summed E-state index contributed by atoms with van der Waals surface area (Å²) in [6.45, 7) is 3.92. The van der Waals surface area contributed by atoms with Crippen molar-refractivity contribution in [2.24, 2.45) is 0 Å². The minimum absolute atomic E-state index is 0.0947. The molecule has 0 bridgehead atoms. The van der Waals surface area contributed by atoms with Crippen molar-refractivity contribution in [1.29, 1.82) is 0 Å². The van der Waals surface area contributed by atoms with Crippen molar-refractivity contribution in [2.45, 2.75) is 38.3 Å². The van der Waals surface area contributed by atoms with Gasteiger partial charge in [0.15, 0.2) is 0 Å². The molecule has 2 nitrogen and oxygen atoms in total. The monoisotopic (exact) mass is 234 g/mol. The van der Waals surface area contributed by atoms with Crippen LogP contribution in [0, 0.1) is 12.7 Å². The zero-order valence-electron chi connectivity index (χ0n) is 10.2. The van der Waals surface area contributed by atoms with Gasteiger partial charge < -0.3 is 10.2 Å². The zero-order valence-corrected chi connectivity index (χ0v) is 10.2. The molecular weight excluding hydrogens is 215 g/mol. The zero-order chi connectivity index (χ0) is 11.8. The average Bonchev–Trinajstić information content (AvgIpc) is 2.99. The number of benzene rings is 1. The van der Waals surface area contributed by atoms with Crippen molar-refractivity contribution in [2.75, 3.05) is 18.0 Å². The highest BCUT2D eigenvalue weighted by Gasteiger charge is 2.29. The van der Waals surface area contributed by atoms with E-state index in [2.05, 4.69) is 10.2 Å². The maximum Gasteiger partial charge on any atom is 0.146 e. The van der Waals surface area contributed by atoms with E-state index in [1.54, 1.807) is 6.07 Å². The van der Waals surface area contributed by atoms with Crippen LogP contribution in [0.1, 0.15) is 24.8 Å². The molecule has 0 radical (unpaired) electrons. The van der Waals surface area contributed by atoms with Gasteiger partial charge in [-0.3, -0.25) is 0 Å². The molecule has 1 aliphatic carbocycles. The second kappa shape index (κ2) is 4.30. The summed E-state index contributed by atoms with van der Waals surface area (Å²) in [5.41, 5.74) is 1.89. The van der Waals surface area contributed by atoms with E-state index < -0.39 is 0 Å². The van der Waals surface area contributed by atoms with E-state index in [0.29, 0.717) is 6.04 Å². The lowest BCUT2D eigenvalue weighted by molar-refractivity contribution is 0.547. The molecule has 0 amide bonds. The highest BCUT2D eigenvalue weighted by atomic mass is 19.1. The SMILES string of the molecule is Cc1ccc(F)c(N2CCC(NC3CC3)C2)c1. The molecule has 1 atom stereocenters. The van der Waals surface area contributed by atoms with Crippen LogP contribution in [-0.2, 0) is 0 Å². The second-order valence-corrected chi connectivity index (χ2v) is 5.33. The summed E-state index contributed by atoms with van der Waals surface area (Å²) in [6.07, 6.45) is 3.76. The van der Waals surface area contributed by atoms with Gasteiger partial charge in [-0.2, -0.15) is 0 Å². The fourth-order valence-electron chi connectivity index (χ4n) is 2.56. The third kappa shape index (κ3) is 2.44. The molecule has 1 saturated carbocycles. The van der Waals surface area contributed by atoms with Crippen LogP contribution in [0.15, 0.2) is 18.2 Å². The molecule has 1 aliphatic heterocycles. The first-order valence-electron chi connectivity index (χ1n) is 6.49.